The SMILES string of the molecule is C=C(c1ccc(OC)cc1)C(C)(C)C. The molecular formula is C13H18O. The van der Waals surface area contributed by atoms with Crippen LogP contribution in [0.5, 0.6) is 5.75 Å². The second-order valence-corrected chi connectivity index (χ2v) is 4.46. The largest absolute Gasteiger partial charge is 0.497 e. The van der Waals surface area contributed by atoms with Crippen LogP contribution in [0.1, 0.15) is 26.3 Å². The second-order valence-electron chi connectivity index (χ2n) is 4.46. The van der Waals surface area contributed by atoms with Gasteiger partial charge in [0.05, 0.1) is 7.11 Å². The van der Waals surface area contributed by atoms with Crippen molar-refractivity contribution in [3.8, 4) is 5.75 Å². The summed E-state index contributed by atoms with van der Waals surface area (Å²) in [4.78, 5) is 0. The number of methoxy groups -OCH3 is 1. The molecule has 0 aliphatic heterocycles. The van der Waals surface area contributed by atoms with Crippen LogP contribution in [0.25, 0.3) is 5.57 Å². The van der Waals surface area contributed by atoms with Crippen LogP contribution < -0.4 is 4.74 Å². The number of rotatable bonds is 2. The van der Waals surface area contributed by atoms with Crippen LogP contribution in [0.2, 0.25) is 0 Å². The highest BCUT2D eigenvalue weighted by Gasteiger charge is 2.16. The van der Waals surface area contributed by atoms with E-state index in [9.17, 15) is 0 Å². The Morgan fingerprint density at radius 2 is 1.64 bits per heavy atom. The zero-order valence-corrected chi connectivity index (χ0v) is 9.42. The fourth-order valence-corrected chi connectivity index (χ4v) is 1.23. The molecule has 0 unspecified atom stereocenters. The second kappa shape index (κ2) is 3.87. The lowest BCUT2D eigenvalue weighted by molar-refractivity contribution is 0.414. The van der Waals surface area contributed by atoms with Crippen LogP contribution in [-0.4, -0.2) is 7.11 Å². The van der Waals surface area contributed by atoms with E-state index in [1.807, 2.05) is 24.3 Å². The van der Waals surface area contributed by atoms with E-state index in [2.05, 4.69) is 27.4 Å². The molecule has 0 spiro atoms. The van der Waals surface area contributed by atoms with Gasteiger partial charge in [0.2, 0.25) is 0 Å². The summed E-state index contributed by atoms with van der Waals surface area (Å²) in [6, 6.07) is 8.03. The molecule has 0 aliphatic rings. The number of allylic oxidation sites excluding steroid dienone is 1. The topological polar surface area (TPSA) is 9.23 Å². The minimum absolute atomic E-state index is 0.120. The quantitative estimate of drug-likeness (QED) is 0.690. The minimum atomic E-state index is 0.120. The molecule has 1 aromatic rings. The molecule has 1 aromatic carbocycles. The van der Waals surface area contributed by atoms with Gasteiger partial charge in [0.1, 0.15) is 5.75 Å². The summed E-state index contributed by atoms with van der Waals surface area (Å²) in [5.41, 5.74) is 2.45. The van der Waals surface area contributed by atoms with E-state index in [-0.39, 0.29) is 5.41 Å². The predicted octanol–water partition coefficient (Wildman–Crippen LogP) is 3.75. The Hall–Kier alpha value is -1.24. The molecule has 0 bridgehead atoms. The van der Waals surface area contributed by atoms with Gasteiger partial charge in [-0.05, 0) is 28.7 Å². The summed E-state index contributed by atoms with van der Waals surface area (Å²) in [6.45, 7) is 10.6. The zero-order chi connectivity index (χ0) is 10.8. The van der Waals surface area contributed by atoms with Gasteiger partial charge < -0.3 is 4.74 Å². The molecule has 0 atom stereocenters. The van der Waals surface area contributed by atoms with E-state index in [4.69, 9.17) is 4.74 Å². The first-order chi connectivity index (χ1) is 6.45. The maximum Gasteiger partial charge on any atom is 0.118 e. The number of ether oxygens (including phenoxy) is 1. The molecule has 0 saturated carbocycles. The lowest BCUT2D eigenvalue weighted by atomic mass is 9.83. The lowest BCUT2D eigenvalue weighted by Crippen LogP contribution is -2.06. The summed E-state index contributed by atoms with van der Waals surface area (Å²) in [6.07, 6.45) is 0. The van der Waals surface area contributed by atoms with Crippen molar-refractivity contribution in [3.63, 3.8) is 0 Å². The molecule has 0 fully saturated rings. The molecular weight excluding hydrogens is 172 g/mol. The van der Waals surface area contributed by atoms with Gasteiger partial charge in [0.15, 0.2) is 0 Å². The predicted molar refractivity (Wildman–Crippen MR) is 61.5 cm³/mol. The third kappa shape index (κ3) is 2.38. The maximum absolute atomic E-state index is 5.10. The Morgan fingerprint density at radius 3 is 2.00 bits per heavy atom. The molecule has 0 amide bonds. The third-order valence-corrected chi connectivity index (χ3v) is 2.34. The molecule has 1 heteroatoms. The smallest absolute Gasteiger partial charge is 0.118 e. The lowest BCUT2D eigenvalue weighted by Gasteiger charge is -2.22. The van der Waals surface area contributed by atoms with Crippen LogP contribution in [0.4, 0.5) is 0 Å². The number of hydrogen-bond acceptors (Lipinski definition) is 1. The normalized spacial score (nSPS) is 11.1. The Labute approximate surface area is 86.4 Å². The first kappa shape index (κ1) is 10.8. The average molecular weight is 190 g/mol. The fourth-order valence-electron chi connectivity index (χ4n) is 1.23. The van der Waals surface area contributed by atoms with Crippen molar-refractivity contribution >= 4 is 5.57 Å². The summed E-state index contributed by atoms with van der Waals surface area (Å²) < 4.78 is 5.10. The Kier molecular flexibility index (Phi) is 3.00. The van der Waals surface area contributed by atoms with E-state index in [1.54, 1.807) is 7.11 Å². The molecule has 0 N–H and O–H groups in total. The van der Waals surface area contributed by atoms with Crippen molar-refractivity contribution in [3.05, 3.63) is 36.4 Å². The summed E-state index contributed by atoms with van der Waals surface area (Å²) in [5, 5.41) is 0. The van der Waals surface area contributed by atoms with E-state index < -0.39 is 0 Å². The van der Waals surface area contributed by atoms with Gasteiger partial charge in [-0.1, -0.05) is 39.5 Å². The number of benzene rings is 1. The molecule has 1 nitrogen and oxygen atoms in total. The first-order valence-corrected chi connectivity index (χ1v) is 4.79. The number of hydrogen-bond donors (Lipinski definition) is 0. The third-order valence-electron chi connectivity index (χ3n) is 2.34. The highest BCUT2D eigenvalue weighted by atomic mass is 16.5. The maximum atomic E-state index is 5.10. The van der Waals surface area contributed by atoms with Crippen LogP contribution >= 0.6 is 0 Å². The zero-order valence-electron chi connectivity index (χ0n) is 9.42. The van der Waals surface area contributed by atoms with Crippen LogP contribution in [-0.2, 0) is 0 Å². The van der Waals surface area contributed by atoms with Gasteiger partial charge in [-0.3, -0.25) is 0 Å². The van der Waals surface area contributed by atoms with Crippen LogP contribution in [0.15, 0.2) is 30.8 Å². The molecule has 0 heterocycles. The van der Waals surface area contributed by atoms with Crippen molar-refractivity contribution in [2.24, 2.45) is 5.41 Å². The summed E-state index contributed by atoms with van der Waals surface area (Å²) >= 11 is 0. The standard InChI is InChI=1S/C13H18O/c1-10(13(2,3)4)11-6-8-12(14-5)9-7-11/h6-9H,1H2,2-5H3. The van der Waals surface area contributed by atoms with E-state index in [0.29, 0.717) is 0 Å². The van der Waals surface area contributed by atoms with Crippen molar-refractivity contribution in [1.29, 1.82) is 0 Å². The van der Waals surface area contributed by atoms with Crippen LogP contribution in [0.3, 0.4) is 0 Å². The summed E-state index contributed by atoms with van der Waals surface area (Å²) in [5.74, 6) is 0.885. The van der Waals surface area contributed by atoms with Crippen molar-refractivity contribution < 1.29 is 4.74 Å². The molecule has 0 radical (unpaired) electrons. The van der Waals surface area contributed by atoms with E-state index in [1.165, 1.54) is 5.56 Å². The molecule has 14 heavy (non-hydrogen) atoms. The molecule has 1 rings (SSSR count). The molecule has 0 aromatic heterocycles. The van der Waals surface area contributed by atoms with Gasteiger partial charge in [-0.2, -0.15) is 0 Å². The molecule has 0 saturated heterocycles. The molecule has 0 aliphatic carbocycles. The minimum Gasteiger partial charge on any atom is -0.497 e. The van der Waals surface area contributed by atoms with Crippen molar-refractivity contribution in [2.45, 2.75) is 20.8 Å². The Bertz CT molecular complexity index is 314. The monoisotopic (exact) mass is 190 g/mol. The van der Waals surface area contributed by atoms with Crippen LogP contribution in [0, 0.1) is 5.41 Å². The Balaban J connectivity index is 2.93. The highest BCUT2D eigenvalue weighted by Crippen LogP contribution is 2.32. The van der Waals surface area contributed by atoms with Gasteiger partial charge in [-0.25, -0.2) is 0 Å². The first-order valence-electron chi connectivity index (χ1n) is 4.79. The van der Waals surface area contributed by atoms with E-state index in [0.717, 1.165) is 11.3 Å². The van der Waals surface area contributed by atoms with Gasteiger partial charge in [0.25, 0.3) is 0 Å². The highest BCUT2D eigenvalue weighted by molar-refractivity contribution is 5.67. The molecule has 76 valence electrons. The Morgan fingerprint density at radius 1 is 1.14 bits per heavy atom. The average Bonchev–Trinajstić information content (AvgIpc) is 2.15. The van der Waals surface area contributed by atoms with Crippen molar-refractivity contribution in [1.82, 2.24) is 0 Å². The fraction of sp³-hybridized carbons (Fsp3) is 0.385. The van der Waals surface area contributed by atoms with E-state index >= 15 is 0 Å². The van der Waals surface area contributed by atoms with Gasteiger partial charge >= 0.3 is 0 Å². The summed E-state index contributed by atoms with van der Waals surface area (Å²) in [7, 11) is 1.67. The van der Waals surface area contributed by atoms with Gasteiger partial charge in [-0.15, -0.1) is 0 Å². The van der Waals surface area contributed by atoms with Gasteiger partial charge in [0, 0.05) is 0 Å². The van der Waals surface area contributed by atoms with Crippen molar-refractivity contribution in [2.75, 3.05) is 7.11 Å².